The van der Waals surface area contributed by atoms with Crippen molar-refractivity contribution in [2.75, 3.05) is 13.1 Å². The van der Waals surface area contributed by atoms with Gasteiger partial charge in [-0.25, -0.2) is 0 Å². The van der Waals surface area contributed by atoms with Gasteiger partial charge in [0.15, 0.2) is 0 Å². The van der Waals surface area contributed by atoms with E-state index in [9.17, 15) is 0 Å². The van der Waals surface area contributed by atoms with Crippen LogP contribution in [0, 0.1) is 19.8 Å². The van der Waals surface area contributed by atoms with Crippen LogP contribution in [0.1, 0.15) is 36.5 Å². The van der Waals surface area contributed by atoms with Crippen LogP contribution in [-0.2, 0) is 6.54 Å². The van der Waals surface area contributed by atoms with Gasteiger partial charge in [-0.05, 0) is 62.8 Å². The number of likely N-dealkylation sites (tertiary alicyclic amines) is 1. The van der Waals surface area contributed by atoms with Gasteiger partial charge in [0.2, 0.25) is 0 Å². The highest BCUT2D eigenvalue weighted by Crippen LogP contribution is 2.24. The molecular weight excluding hydrogens is 220 g/mol. The van der Waals surface area contributed by atoms with Gasteiger partial charge in [0, 0.05) is 19.1 Å². The number of hydrogen-bond donors (Lipinski definition) is 1. The zero-order valence-corrected chi connectivity index (χ0v) is 11.9. The van der Waals surface area contributed by atoms with Crippen LogP contribution >= 0.6 is 0 Å². The molecule has 0 radical (unpaired) electrons. The molecule has 2 rings (SSSR count). The molecule has 0 amide bonds. The van der Waals surface area contributed by atoms with E-state index in [1.165, 1.54) is 29.5 Å². The first kappa shape index (κ1) is 13.6. The third-order valence-electron chi connectivity index (χ3n) is 4.53. The molecule has 1 fully saturated rings. The Balaban J connectivity index is 2.09. The van der Waals surface area contributed by atoms with E-state index in [0.29, 0.717) is 12.0 Å². The van der Waals surface area contributed by atoms with Crippen LogP contribution < -0.4 is 5.73 Å². The minimum Gasteiger partial charge on any atom is -0.330 e. The topological polar surface area (TPSA) is 29.3 Å². The molecule has 1 aromatic carbocycles. The Kier molecular flexibility index (Phi) is 4.41. The van der Waals surface area contributed by atoms with Crippen molar-refractivity contribution in [2.45, 2.75) is 46.2 Å². The van der Waals surface area contributed by atoms with Gasteiger partial charge in [-0.1, -0.05) is 18.2 Å². The van der Waals surface area contributed by atoms with Crippen LogP contribution in [0.25, 0.3) is 0 Å². The summed E-state index contributed by atoms with van der Waals surface area (Å²) in [4.78, 5) is 2.60. The van der Waals surface area contributed by atoms with Crippen molar-refractivity contribution in [1.82, 2.24) is 4.90 Å². The summed E-state index contributed by atoms with van der Waals surface area (Å²) in [6.07, 6.45) is 2.58. The lowest BCUT2D eigenvalue weighted by molar-refractivity contribution is 0.113. The van der Waals surface area contributed by atoms with Crippen molar-refractivity contribution in [3.05, 3.63) is 34.9 Å². The molecule has 0 aromatic heterocycles. The van der Waals surface area contributed by atoms with E-state index in [0.717, 1.165) is 19.6 Å². The molecule has 1 aromatic rings. The fraction of sp³-hybridized carbons (Fsp3) is 0.625. The fourth-order valence-electron chi connectivity index (χ4n) is 2.88. The van der Waals surface area contributed by atoms with Crippen molar-refractivity contribution in [3.8, 4) is 0 Å². The van der Waals surface area contributed by atoms with Gasteiger partial charge < -0.3 is 5.73 Å². The highest BCUT2D eigenvalue weighted by molar-refractivity contribution is 5.33. The van der Waals surface area contributed by atoms with Crippen molar-refractivity contribution in [2.24, 2.45) is 11.7 Å². The second kappa shape index (κ2) is 5.85. The standard InChI is InChI=1S/C16H26N2/c1-12-5-4-6-16(14(12)3)11-18-10-15(9-17)8-7-13(18)2/h4-6,13,15H,7-11,17H2,1-3H3. The first-order valence-electron chi connectivity index (χ1n) is 7.11. The van der Waals surface area contributed by atoms with Crippen LogP contribution in [0.3, 0.4) is 0 Å². The van der Waals surface area contributed by atoms with Gasteiger partial charge in [0.05, 0.1) is 0 Å². The first-order valence-corrected chi connectivity index (χ1v) is 7.11. The Hall–Kier alpha value is -0.860. The molecule has 0 bridgehead atoms. The van der Waals surface area contributed by atoms with E-state index in [2.05, 4.69) is 43.9 Å². The van der Waals surface area contributed by atoms with E-state index >= 15 is 0 Å². The molecule has 1 heterocycles. The minimum absolute atomic E-state index is 0.686. The summed E-state index contributed by atoms with van der Waals surface area (Å²) >= 11 is 0. The Morgan fingerprint density at radius 3 is 2.78 bits per heavy atom. The summed E-state index contributed by atoms with van der Waals surface area (Å²) in [6.45, 7) is 9.84. The molecule has 1 aliphatic heterocycles. The summed E-state index contributed by atoms with van der Waals surface area (Å²) in [5.41, 5.74) is 10.1. The number of rotatable bonds is 3. The number of nitrogens with zero attached hydrogens (tertiary/aromatic N) is 1. The lowest BCUT2D eigenvalue weighted by Crippen LogP contribution is -2.43. The molecule has 1 aliphatic rings. The smallest absolute Gasteiger partial charge is 0.0239 e. The van der Waals surface area contributed by atoms with Crippen LogP contribution in [-0.4, -0.2) is 24.0 Å². The van der Waals surface area contributed by atoms with Gasteiger partial charge in [-0.15, -0.1) is 0 Å². The molecule has 1 saturated heterocycles. The molecular formula is C16H26N2. The van der Waals surface area contributed by atoms with Gasteiger partial charge in [0.1, 0.15) is 0 Å². The van der Waals surface area contributed by atoms with Gasteiger partial charge in [-0.3, -0.25) is 4.90 Å². The fourth-order valence-corrected chi connectivity index (χ4v) is 2.88. The van der Waals surface area contributed by atoms with Crippen LogP contribution in [0.4, 0.5) is 0 Å². The van der Waals surface area contributed by atoms with Crippen molar-refractivity contribution < 1.29 is 0 Å². The highest BCUT2D eigenvalue weighted by Gasteiger charge is 2.24. The van der Waals surface area contributed by atoms with E-state index in [1.54, 1.807) is 0 Å². The Morgan fingerprint density at radius 2 is 2.06 bits per heavy atom. The molecule has 0 saturated carbocycles. The molecule has 2 heteroatoms. The molecule has 100 valence electrons. The van der Waals surface area contributed by atoms with Crippen LogP contribution in [0.2, 0.25) is 0 Å². The number of benzene rings is 1. The normalized spacial score (nSPS) is 25.3. The zero-order valence-electron chi connectivity index (χ0n) is 11.9. The Labute approximate surface area is 111 Å². The zero-order chi connectivity index (χ0) is 13.1. The maximum atomic E-state index is 5.83. The van der Waals surface area contributed by atoms with Gasteiger partial charge in [0.25, 0.3) is 0 Å². The predicted octanol–water partition coefficient (Wildman–Crippen LogP) is 2.86. The third kappa shape index (κ3) is 2.93. The number of nitrogens with two attached hydrogens (primary N) is 1. The average molecular weight is 246 g/mol. The largest absolute Gasteiger partial charge is 0.330 e. The van der Waals surface area contributed by atoms with E-state index < -0.39 is 0 Å². The second-order valence-corrected chi connectivity index (χ2v) is 5.82. The molecule has 2 atom stereocenters. The van der Waals surface area contributed by atoms with E-state index in [4.69, 9.17) is 5.73 Å². The molecule has 2 unspecified atom stereocenters. The predicted molar refractivity (Wildman–Crippen MR) is 77.6 cm³/mol. The molecule has 2 N–H and O–H groups in total. The number of aryl methyl sites for hydroxylation is 1. The summed E-state index contributed by atoms with van der Waals surface area (Å²) < 4.78 is 0. The van der Waals surface area contributed by atoms with Gasteiger partial charge >= 0.3 is 0 Å². The number of hydrogen-bond acceptors (Lipinski definition) is 2. The van der Waals surface area contributed by atoms with Crippen LogP contribution in [0.15, 0.2) is 18.2 Å². The van der Waals surface area contributed by atoms with E-state index in [1.807, 2.05) is 0 Å². The highest BCUT2D eigenvalue weighted by atomic mass is 15.2. The average Bonchev–Trinajstić information content (AvgIpc) is 2.37. The van der Waals surface area contributed by atoms with Crippen molar-refractivity contribution in [3.63, 3.8) is 0 Å². The summed E-state index contributed by atoms with van der Waals surface area (Å²) in [6, 6.07) is 7.32. The molecule has 2 nitrogen and oxygen atoms in total. The van der Waals surface area contributed by atoms with Crippen molar-refractivity contribution >= 4 is 0 Å². The van der Waals surface area contributed by atoms with Crippen molar-refractivity contribution in [1.29, 1.82) is 0 Å². The minimum atomic E-state index is 0.686. The number of piperidine rings is 1. The Morgan fingerprint density at radius 1 is 1.28 bits per heavy atom. The quantitative estimate of drug-likeness (QED) is 0.888. The molecule has 0 aliphatic carbocycles. The summed E-state index contributed by atoms with van der Waals surface area (Å²) in [5.74, 6) is 0.686. The monoisotopic (exact) mass is 246 g/mol. The Bertz CT molecular complexity index is 400. The third-order valence-corrected chi connectivity index (χ3v) is 4.53. The van der Waals surface area contributed by atoms with Gasteiger partial charge in [-0.2, -0.15) is 0 Å². The van der Waals surface area contributed by atoms with E-state index in [-0.39, 0.29) is 0 Å². The SMILES string of the molecule is Cc1cccc(CN2CC(CN)CCC2C)c1C. The second-order valence-electron chi connectivity index (χ2n) is 5.82. The summed E-state index contributed by atoms with van der Waals surface area (Å²) in [5, 5.41) is 0. The first-order chi connectivity index (χ1) is 8.61. The maximum Gasteiger partial charge on any atom is 0.0239 e. The lowest BCUT2D eigenvalue weighted by atomic mass is 9.92. The summed E-state index contributed by atoms with van der Waals surface area (Å²) in [7, 11) is 0. The lowest BCUT2D eigenvalue weighted by Gasteiger charge is -2.38. The molecule has 0 spiro atoms. The molecule has 18 heavy (non-hydrogen) atoms. The van der Waals surface area contributed by atoms with Crippen LogP contribution in [0.5, 0.6) is 0 Å². The maximum absolute atomic E-state index is 5.83.